The summed E-state index contributed by atoms with van der Waals surface area (Å²) in [6.07, 6.45) is 1.69. The average Bonchev–Trinajstić information content (AvgIpc) is 2.97. The summed E-state index contributed by atoms with van der Waals surface area (Å²) < 4.78 is 7.81. The normalized spacial score (nSPS) is 11.4. The third kappa shape index (κ3) is 3.34. The number of carbonyl (C=O) groups excluding carboxylic acids is 1. The second-order valence-corrected chi connectivity index (χ2v) is 6.63. The molecule has 0 aliphatic rings. The first-order valence-electron chi connectivity index (χ1n) is 9.11. The van der Waals surface area contributed by atoms with Gasteiger partial charge in [-0.15, -0.1) is 0 Å². The summed E-state index contributed by atoms with van der Waals surface area (Å²) in [5.74, 6) is 0.379. The highest BCUT2D eigenvalue weighted by molar-refractivity contribution is 6.01. The first-order valence-corrected chi connectivity index (χ1v) is 9.11. The number of hydrogen-bond donors (Lipinski definition) is 1. The van der Waals surface area contributed by atoms with Gasteiger partial charge in [0.25, 0.3) is 5.91 Å². The molecule has 1 amide bonds. The quantitative estimate of drug-likeness (QED) is 0.423. The maximum Gasteiger partial charge on any atom is 0.277 e. The minimum Gasteiger partial charge on any atom is -0.483 e. The zero-order valence-electron chi connectivity index (χ0n) is 15.8. The number of nitrogens with one attached hydrogen (secondary N) is 1. The first kappa shape index (κ1) is 17.8. The number of aromatic nitrogens is 1. The van der Waals surface area contributed by atoms with Crippen molar-refractivity contribution in [2.75, 3.05) is 6.61 Å². The van der Waals surface area contributed by atoms with E-state index in [9.17, 15) is 4.79 Å². The Bertz CT molecular complexity index is 1190. The number of hydrazone groups is 1. The number of fused-ring (bicyclic) bond motifs is 2. The molecule has 0 unspecified atom stereocenters. The standard InChI is InChI=1S/C23H21N3O2/c1-16-20(19-11-5-6-12-21(19)26(16)2)14-24-25-23(27)15-28-22-13-7-9-17-8-3-4-10-18(17)22/h3-14H,15H2,1-2H3,(H,25,27). The number of carbonyl (C=O) groups is 1. The molecule has 0 fully saturated rings. The molecular formula is C23H21N3O2. The van der Waals surface area contributed by atoms with Crippen molar-refractivity contribution in [1.29, 1.82) is 0 Å². The van der Waals surface area contributed by atoms with Crippen LogP contribution >= 0.6 is 0 Å². The fraction of sp³-hybridized carbons (Fsp3) is 0.130. The molecule has 1 heterocycles. The predicted octanol–water partition coefficient (Wildman–Crippen LogP) is 4.17. The van der Waals surface area contributed by atoms with Crippen LogP contribution in [-0.2, 0) is 11.8 Å². The van der Waals surface area contributed by atoms with Crippen LogP contribution in [0.2, 0.25) is 0 Å². The van der Waals surface area contributed by atoms with Crippen LogP contribution in [0, 0.1) is 6.92 Å². The Morgan fingerprint density at radius 3 is 2.61 bits per heavy atom. The molecule has 0 saturated carbocycles. The van der Waals surface area contributed by atoms with Crippen LogP contribution in [0.1, 0.15) is 11.3 Å². The second kappa shape index (κ2) is 7.56. The maximum absolute atomic E-state index is 12.1. The Hall–Kier alpha value is -3.60. The molecule has 4 rings (SSSR count). The summed E-state index contributed by atoms with van der Waals surface area (Å²) in [7, 11) is 2.02. The number of nitrogens with zero attached hydrogens (tertiary/aromatic N) is 2. The van der Waals surface area contributed by atoms with Crippen LogP contribution in [-0.4, -0.2) is 23.3 Å². The lowest BCUT2D eigenvalue weighted by Crippen LogP contribution is -2.24. The topological polar surface area (TPSA) is 55.6 Å². The van der Waals surface area contributed by atoms with E-state index < -0.39 is 0 Å². The smallest absolute Gasteiger partial charge is 0.277 e. The molecule has 0 saturated heterocycles. The maximum atomic E-state index is 12.1. The molecule has 140 valence electrons. The average molecular weight is 371 g/mol. The van der Waals surface area contributed by atoms with Gasteiger partial charge < -0.3 is 9.30 Å². The molecule has 0 atom stereocenters. The van der Waals surface area contributed by atoms with Gasteiger partial charge in [0.2, 0.25) is 0 Å². The van der Waals surface area contributed by atoms with Gasteiger partial charge >= 0.3 is 0 Å². The van der Waals surface area contributed by atoms with Crippen molar-refractivity contribution < 1.29 is 9.53 Å². The van der Waals surface area contributed by atoms with Gasteiger partial charge in [0.15, 0.2) is 6.61 Å². The Kier molecular flexibility index (Phi) is 4.81. The van der Waals surface area contributed by atoms with Crippen molar-refractivity contribution in [3.63, 3.8) is 0 Å². The van der Waals surface area contributed by atoms with Gasteiger partial charge in [-0.05, 0) is 24.4 Å². The SMILES string of the molecule is Cc1c(C=NNC(=O)COc2cccc3ccccc23)c2ccccc2n1C. The minimum atomic E-state index is -0.304. The lowest BCUT2D eigenvalue weighted by molar-refractivity contribution is -0.123. The summed E-state index contributed by atoms with van der Waals surface area (Å²) in [6.45, 7) is 1.94. The molecule has 1 aromatic heterocycles. The van der Waals surface area contributed by atoms with Crippen molar-refractivity contribution >= 4 is 33.8 Å². The van der Waals surface area contributed by atoms with Gasteiger partial charge in [0, 0.05) is 34.6 Å². The van der Waals surface area contributed by atoms with Crippen LogP contribution in [0.4, 0.5) is 0 Å². The van der Waals surface area contributed by atoms with Crippen molar-refractivity contribution in [2.24, 2.45) is 12.1 Å². The number of hydrogen-bond acceptors (Lipinski definition) is 3. The van der Waals surface area contributed by atoms with E-state index in [1.165, 1.54) is 0 Å². The molecule has 5 nitrogen and oxygen atoms in total. The molecule has 0 bridgehead atoms. The molecule has 5 heteroatoms. The van der Waals surface area contributed by atoms with Crippen molar-refractivity contribution in [3.8, 4) is 5.75 Å². The molecule has 0 aliphatic carbocycles. The Labute approximate surface area is 163 Å². The zero-order chi connectivity index (χ0) is 19.5. The molecule has 4 aromatic rings. The van der Waals surface area contributed by atoms with Crippen LogP contribution in [0.3, 0.4) is 0 Å². The molecule has 0 spiro atoms. The largest absolute Gasteiger partial charge is 0.483 e. The van der Waals surface area contributed by atoms with Crippen LogP contribution < -0.4 is 10.2 Å². The van der Waals surface area contributed by atoms with Gasteiger partial charge in [-0.25, -0.2) is 5.43 Å². The molecule has 0 radical (unpaired) electrons. The highest BCUT2D eigenvalue weighted by atomic mass is 16.5. The van der Waals surface area contributed by atoms with E-state index in [0.29, 0.717) is 5.75 Å². The minimum absolute atomic E-state index is 0.0974. The number of aryl methyl sites for hydroxylation is 1. The highest BCUT2D eigenvalue weighted by Gasteiger charge is 2.10. The fourth-order valence-corrected chi connectivity index (χ4v) is 3.38. The van der Waals surface area contributed by atoms with Gasteiger partial charge in [0.05, 0.1) is 6.21 Å². The van der Waals surface area contributed by atoms with E-state index in [-0.39, 0.29) is 12.5 Å². The summed E-state index contributed by atoms with van der Waals surface area (Å²) in [5, 5.41) is 7.28. The van der Waals surface area contributed by atoms with E-state index in [0.717, 1.165) is 32.9 Å². The van der Waals surface area contributed by atoms with Gasteiger partial charge in [0.1, 0.15) is 5.75 Å². The molecule has 28 heavy (non-hydrogen) atoms. The zero-order valence-corrected chi connectivity index (χ0v) is 15.8. The van der Waals surface area contributed by atoms with E-state index in [4.69, 9.17) is 4.74 Å². The van der Waals surface area contributed by atoms with Gasteiger partial charge in [-0.1, -0.05) is 54.6 Å². The van der Waals surface area contributed by atoms with Crippen LogP contribution in [0.25, 0.3) is 21.7 Å². The summed E-state index contributed by atoms with van der Waals surface area (Å²) in [5.41, 5.74) is 5.76. The molecule has 3 aromatic carbocycles. The number of rotatable bonds is 5. The number of para-hydroxylation sites is 1. The monoisotopic (exact) mass is 371 g/mol. The van der Waals surface area contributed by atoms with E-state index in [1.54, 1.807) is 6.21 Å². The Balaban J connectivity index is 1.43. The lowest BCUT2D eigenvalue weighted by atomic mass is 10.1. The van der Waals surface area contributed by atoms with Crippen molar-refractivity contribution in [1.82, 2.24) is 9.99 Å². The molecule has 0 aliphatic heterocycles. The molecule has 1 N–H and O–H groups in total. The first-order chi connectivity index (χ1) is 13.6. The summed E-state index contributed by atoms with van der Waals surface area (Å²) >= 11 is 0. The Morgan fingerprint density at radius 2 is 1.75 bits per heavy atom. The summed E-state index contributed by atoms with van der Waals surface area (Å²) in [4.78, 5) is 12.1. The second-order valence-electron chi connectivity index (χ2n) is 6.63. The predicted molar refractivity (Wildman–Crippen MR) is 113 cm³/mol. The van der Waals surface area contributed by atoms with E-state index >= 15 is 0 Å². The fourth-order valence-electron chi connectivity index (χ4n) is 3.38. The molecular weight excluding hydrogens is 350 g/mol. The number of ether oxygens (including phenoxy) is 1. The Morgan fingerprint density at radius 1 is 1.04 bits per heavy atom. The van der Waals surface area contributed by atoms with Crippen molar-refractivity contribution in [2.45, 2.75) is 6.92 Å². The third-order valence-electron chi connectivity index (χ3n) is 4.94. The lowest BCUT2D eigenvalue weighted by Gasteiger charge is -2.08. The van der Waals surface area contributed by atoms with Crippen molar-refractivity contribution in [3.05, 3.63) is 78.0 Å². The highest BCUT2D eigenvalue weighted by Crippen LogP contribution is 2.25. The number of amides is 1. The number of benzene rings is 3. The van der Waals surface area contributed by atoms with Gasteiger partial charge in [-0.3, -0.25) is 4.79 Å². The summed E-state index contributed by atoms with van der Waals surface area (Å²) in [6, 6.07) is 21.8. The van der Waals surface area contributed by atoms with Crippen LogP contribution in [0.15, 0.2) is 71.8 Å². The third-order valence-corrected chi connectivity index (χ3v) is 4.94. The van der Waals surface area contributed by atoms with Gasteiger partial charge in [-0.2, -0.15) is 5.10 Å². The van der Waals surface area contributed by atoms with E-state index in [1.807, 2.05) is 68.6 Å². The van der Waals surface area contributed by atoms with Crippen LogP contribution in [0.5, 0.6) is 5.75 Å². The van der Waals surface area contributed by atoms with E-state index in [2.05, 4.69) is 27.2 Å².